The number of fused-ring (bicyclic) bond motifs is 4. The number of hydrogen-bond donors (Lipinski definition) is 6. The molecule has 0 saturated carbocycles. The van der Waals surface area contributed by atoms with Crippen LogP contribution in [0.2, 0.25) is 0 Å². The summed E-state index contributed by atoms with van der Waals surface area (Å²) < 4.78 is 51.2. The molecule has 650 valence electrons. The van der Waals surface area contributed by atoms with Crippen LogP contribution in [0.1, 0.15) is 225 Å². The lowest BCUT2D eigenvalue weighted by Gasteiger charge is -2.36. The van der Waals surface area contributed by atoms with Gasteiger partial charge in [-0.15, -0.1) is 0 Å². The fourth-order valence-corrected chi connectivity index (χ4v) is 18.9. The lowest BCUT2D eigenvalue weighted by atomic mass is 9.84. The van der Waals surface area contributed by atoms with E-state index in [4.69, 9.17) is 18.9 Å². The highest BCUT2D eigenvalue weighted by Crippen LogP contribution is 2.50. The number of benzene rings is 7. The van der Waals surface area contributed by atoms with Crippen LogP contribution in [-0.4, -0.2) is 200 Å². The number of carbonyl (C=O) groups is 4. The van der Waals surface area contributed by atoms with Crippen LogP contribution in [0.25, 0.3) is 22.3 Å². The molecule has 8 aromatic rings. The molecular weight excluding hydrogens is 1560 g/mol. The lowest BCUT2D eigenvalue weighted by Crippen LogP contribution is -2.37. The van der Waals surface area contributed by atoms with E-state index < -0.39 is 15.4 Å². The summed E-state index contributed by atoms with van der Waals surface area (Å²) in [4.78, 5) is 62.7. The van der Waals surface area contributed by atoms with Crippen molar-refractivity contribution < 1.29 is 56.8 Å². The predicted octanol–water partition coefficient (Wildman–Crippen LogP) is 16.6. The molecule has 123 heavy (non-hydrogen) atoms. The molecule has 0 bridgehead atoms. The molecule has 1 aromatic heterocycles. The Kier molecular flexibility index (Phi) is 29.7. The summed E-state index contributed by atoms with van der Waals surface area (Å²) in [6, 6.07) is 51.3. The van der Waals surface area contributed by atoms with Crippen molar-refractivity contribution in [2.24, 2.45) is 0 Å². The van der Waals surface area contributed by atoms with Crippen LogP contribution in [-0.2, 0) is 9.84 Å². The average molecular weight is 1690 g/mol. The van der Waals surface area contributed by atoms with E-state index >= 15 is 0 Å². The maximum absolute atomic E-state index is 12.8. The van der Waals surface area contributed by atoms with E-state index in [1.807, 2.05) is 194 Å². The number of aromatic hydroxyl groups is 2. The van der Waals surface area contributed by atoms with Gasteiger partial charge in [-0.05, 0) is 308 Å². The smallest absolute Gasteiger partial charge is 0.272 e. The first-order chi connectivity index (χ1) is 59.6. The van der Waals surface area contributed by atoms with E-state index in [9.17, 15) is 37.8 Å². The Balaban J connectivity index is 0.000000141. The van der Waals surface area contributed by atoms with E-state index in [0.717, 1.165) is 213 Å². The van der Waals surface area contributed by atoms with Crippen molar-refractivity contribution in [2.45, 2.75) is 167 Å². The molecule has 8 aliphatic rings. The zero-order valence-corrected chi connectivity index (χ0v) is 73.9. The topological polar surface area (TPSA) is 254 Å². The number of para-hydroxylation sites is 2. The van der Waals surface area contributed by atoms with Crippen molar-refractivity contribution in [1.82, 2.24) is 45.9 Å². The standard InChI is InChI=1S/C27H34N2O4S.2C25H30N2O3.C24H29N3O2/c1-4-29(5-2)26(30)21-10-8-20(9-11-21)24-19-27(14-7-16-28-17-15-27)33-25-13-12-22(18-23(24)25)34(31,32)6-3;1-3-27(4-2)24(29)19-11-9-18(10-12-19)20-17-25(13-6-15-26-16-14-25)30-22-8-5-7-21(28)23(20)22;1-3-27(4-2)24(29)18-10-11-19(22(28)16-18)21-17-25(12-7-14-26-15-13-25)30-23-9-6-5-8-20(21)23;1-3-27(4-2)23(28)21-11-10-18(17-26-21)20-16-24(12-7-14-25-15-13-24)29-22-9-6-5-8-19(20)22/h8-13,18-19,28H,4-7,14-17H2,1-3H3;5,7-12,17,26,28H,3-4,6,13-16H2,1-2H3;5-6,8-11,16-17,26,28H,3-4,7,12-15H2,1-2H3;5-6,8-11,16-17,25H,3-4,7,12-15H2,1-2H3. The van der Waals surface area contributed by atoms with Gasteiger partial charge in [0.25, 0.3) is 23.6 Å². The molecular formula is C101H123N9O12S. The molecule has 4 amide bonds. The molecule has 16 rings (SSSR count). The van der Waals surface area contributed by atoms with Gasteiger partial charge in [0.2, 0.25) is 0 Å². The predicted molar refractivity (Wildman–Crippen MR) is 488 cm³/mol. The normalized spacial score (nSPS) is 20.6. The first kappa shape index (κ1) is 89.9. The van der Waals surface area contributed by atoms with Gasteiger partial charge >= 0.3 is 0 Å². The van der Waals surface area contributed by atoms with Crippen molar-refractivity contribution in [1.29, 1.82) is 0 Å². The SMILES string of the molecule is CCN(CC)C(=O)c1ccc(C2=CC3(CCCNCC3)Oc3ccc(S(=O)(=O)CC)cc32)cc1.CCN(CC)C(=O)c1ccc(C2=CC3(CCCNCC3)Oc3cccc(O)c32)cc1.CCN(CC)C(=O)c1ccc(C2=CC3(CCCNCC3)Oc3ccccc32)c(O)c1.CCN(CC)C(=O)c1ccc(C2=CC3(CCCNCC3)Oc3ccccc32)cn1. The number of ether oxygens (including phenoxy) is 4. The number of amides is 4. The maximum Gasteiger partial charge on any atom is 0.272 e. The Labute approximate surface area is 727 Å². The summed E-state index contributed by atoms with van der Waals surface area (Å²) in [5.41, 5.74) is 12.1. The van der Waals surface area contributed by atoms with Crippen LogP contribution in [0.3, 0.4) is 0 Å². The van der Waals surface area contributed by atoms with E-state index in [1.54, 1.807) is 52.0 Å². The number of nitrogens with zero attached hydrogens (tertiary/aromatic N) is 5. The number of nitrogens with one attached hydrogen (secondary N) is 4. The van der Waals surface area contributed by atoms with Crippen molar-refractivity contribution in [3.8, 4) is 34.5 Å². The summed E-state index contributed by atoms with van der Waals surface area (Å²) in [5.74, 6) is 3.56. The van der Waals surface area contributed by atoms with Crippen LogP contribution in [0.5, 0.6) is 34.5 Å². The minimum atomic E-state index is -3.35. The summed E-state index contributed by atoms with van der Waals surface area (Å²) in [6.07, 6.45) is 22.1. The molecule has 4 unspecified atom stereocenters. The van der Waals surface area contributed by atoms with Gasteiger partial charge in [-0.1, -0.05) is 79.7 Å². The van der Waals surface area contributed by atoms with Gasteiger partial charge in [-0.3, -0.25) is 24.2 Å². The van der Waals surface area contributed by atoms with E-state index in [-0.39, 0.29) is 57.7 Å². The van der Waals surface area contributed by atoms with Crippen molar-refractivity contribution in [2.75, 3.05) is 110 Å². The Bertz CT molecular complexity index is 5240. The second-order valence-corrected chi connectivity index (χ2v) is 35.0. The third kappa shape index (κ3) is 20.5. The number of carbonyl (C=O) groups excluding carboxylic acids is 4. The minimum absolute atomic E-state index is 0.0144. The Morgan fingerprint density at radius 2 is 0.740 bits per heavy atom. The summed E-state index contributed by atoms with van der Waals surface area (Å²) >= 11 is 0. The van der Waals surface area contributed by atoms with Gasteiger partial charge in [-0.2, -0.15) is 0 Å². The average Bonchev–Trinajstić information content (AvgIpc) is 1.48. The number of aromatic nitrogens is 1. The highest BCUT2D eigenvalue weighted by atomic mass is 32.2. The largest absolute Gasteiger partial charge is 0.507 e. The minimum Gasteiger partial charge on any atom is -0.507 e. The summed E-state index contributed by atoms with van der Waals surface area (Å²) in [7, 11) is -3.35. The molecule has 0 aliphatic carbocycles. The molecule has 7 aromatic carbocycles. The molecule has 22 heteroatoms. The van der Waals surface area contributed by atoms with Gasteiger partial charge in [0.05, 0.1) is 16.2 Å². The van der Waals surface area contributed by atoms with E-state index in [1.165, 1.54) is 0 Å². The number of pyridine rings is 1. The Morgan fingerprint density at radius 3 is 1.19 bits per heavy atom. The molecule has 4 fully saturated rings. The second kappa shape index (κ2) is 40.6. The highest BCUT2D eigenvalue weighted by molar-refractivity contribution is 7.91. The van der Waals surface area contributed by atoms with Crippen molar-refractivity contribution in [3.63, 3.8) is 0 Å². The first-order valence-electron chi connectivity index (χ1n) is 44.7. The lowest BCUT2D eigenvalue weighted by molar-refractivity contribution is 0.0760. The molecule has 9 heterocycles. The molecule has 8 aliphatic heterocycles. The number of phenols is 2. The number of phenolic OH excluding ortho intramolecular Hbond substituents is 2. The van der Waals surface area contributed by atoms with Crippen LogP contribution in [0, 0.1) is 0 Å². The second-order valence-electron chi connectivity index (χ2n) is 32.7. The zero-order chi connectivity index (χ0) is 86.9. The molecule has 6 N–H and O–H groups in total. The third-order valence-corrected chi connectivity index (χ3v) is 26.9. The molecule has 4 saturated heterocycles. The van der Waals surface area contributed by atoms with Gasteiger partial charge < -0.3 is 70.0 Å². The first-order valence-corrected chi connectivity index (χ1v) is 46.3. The van der Waals surface area contributed by atoms with Gasteiger partial charge in [-0.25, -0.2) is 8.42 Å². The molecule has 21 nitrogen and oxygen atoms in total. The summed E-state index contributed by atoms with van der Waals surface area (Å²) in [5, 5.41) is 35.4. The molecule has 4 atom stereocenters. The van der Waals surface area contributed by atoms with Gasteiger partial charge in [0.1, 0.15) is 62.6 Å². The fraction of sp³-hybridized carbons (Fsp3) is 0.416. The zero-order valence-electron chi connectivity index (χ0n) is 73.1. The van der Waals surface area contributed by atoms with Crippen LogP contribution in [0.15, 0.2) is 199 Å². The van der Waals surface area contributed by atoms with Crippen LogP contribution < -0.4 is 40.2 Å². The third-order valence-electron chi connectivity index (χ3n) is 25.1. The fourth-order valence-electron chi connectivity index (χ4n) is 18.0. The van der Waals surface area contributed by atoms with E-state index in [0.29, 0.717) is 85.4 Å². The summed E-state index contributed by atoms with van der Waals surface area (Å²) in [6.45, 7) is 30.4. The van der Waals surface area contributed by atoms with Crippen molar-refractivity contribution >= 4 is 55.8 Å². The number of hydrogen-bond acceptors (Lipinski definition) is 17. The van der Waals surface area contributed by atoms with Gasteiger partial charge in [0, 0.05) is 129 Å². The molecule has 4 spiro atoms. The van der Waals surface area contributed by atoms with Crippen molar-refractivity contribution in [3.05, 3.63) is 261 Å². The van der Waals surface area contributed by atoms with E-state index in [2.05, 4.69) is 56.6 Å². The van der Waals surface area contributed by atoms with Crippen LogP contribution in [0.4, 0.5) is 0 Å². The Hall–Kier alpha value is -10.9. The van der Waals surface area contributed by atoms with Gasteiger partial charge in [0.15, 0.2) is 9.84 Å². The maximum atomic E-state index is 12.8. The molecule has 0 radical (unpaired) electrons. The highest BCUT2D eigenvalue weighted by Gasteiger charge is 2.42. The quantitative estimate of drug-likeness (QED) is 0.0467. The van der Waals surface area contributed by atoms with Crippen LogP contribution >= 0.6 is 0 Å². The Morgan fingerprint density at radius 1 is 0.358 bits per heavy atom. The number of sulfone groups is 1. The monoisotopic (exact) mass is 1690 g/mol. The number of rotatable bonds is 18.